The smallest absolute Gasteiger partial charge is 0.205 e. The van der Waals surface area contributed by atoms with Crippen LogP contribution in [-0.4, -0.2) is 40.6 Å². The number of fused-ring (bicyclic) bond motifs is 1. The van der Waals surface area contributed by atoms with Crippen molar-refractivity contribution in [3.63, 3.8) is 0 Å². The maximum Gasteiger partial charge on any atom is 0.205 e. The van der Waals surface area contributed by atoms with Crippen molar-refractivity contribution < 1.29 is 0 Å². The molecule has 0 amide bonds. The average Bonchev–Trinajstić information content (AvgIpc) is 3.69. The second kappa shape index (κ2) is 13.1. The third kappa shape index (κ3) is 6.72. The van der Waals surface area contributed by atoms with Gasteiger partial charge in [-0.05, 0) is 84.3 Å². The summed E-state index contributed by atoms with van der Waals surface area (Å²) in [7, 11) is 0. The molecule has 0 fully saturated rings. The zero-order valence-corrected chi connectivity index (χ0v) is 24.1. The lowest BCUT2D eigenvalue weighted by Crippen LogP contribution is -1.97. The van der Waals surface area contributed by atoms with E-state index in [-0.39, 0.29) is 0 Å². The zero-order valence-electron chi connectivity index (χ0n) is 24.1. The summed E-state index contributed by atoms with van der Waals surface area (Å²) in [6, 6.07) is 22.9. The van der Waals surface area contributed by atoms with Crippen molar-refractivity contribution in [1.29, 1.82) is 0 Å². The third-order valence-electron chi connectivity index (χ3n) is 7.15. The lowest BCUT2D eigenvalue weighted by Gasteiger charge is -2.10. The summed E-state index contributed by atoms with van der Waals surface area (Å²) in [6.07, 6.45) is 6.82. The monoisotopic (exact) mass is 544 g/mol. The van der Waals surface area contributed by atoms with E-state index in [1.54, 1.807) is 0 Å². The van der Waals surface area contributed by atoms with E-state index in [2.05, 4.69) is 105 Å². The predicted molar refractivity (Wildman–Crippen MR) is 163 cm³/mol. The number of nitrogens with one attached hydrogen (secondary N) is 2. The second-order valence-electron chi connectivity index (χ2n) is 10.2. The highest BCUT2D eigenvalue weighted by Gasteiger charge is 2.11. The number of H-pyrrole nitrogens is 2. The summed E-state index contributed by atoms with van der Waals surface area (Å²) < 4.78 is 0. The summed E-state index contributed by atoms with van der Waals surface area (Å²) in [5.74, 6) is 1.62. The first-order valence-corrected chi connectivity index (χ1v) is 14.2. The van der Waals surface area contributed by atoms with Gasteiger partial charge in [-0.25, -0.2) is 9.97 Å². The van der Waals surface area contributed by atoms with E-state index in [4.69, 9.17) is 0 Å². The average molecular weight is 545 g/mol. The molecule has 0 unspecified atom stereocenters. The van der Waals surface area contributed by atoms with Gasteiger partial charge in [-0.2, -0.15) is 5.21 Å². The molecule has 0 saturated heterocycles. The fourth-order valence-electron chi connectivity index (χ4n) is 4.97. The Morgan fingerprint density at radius 3 is 2.27 bits per heavy atom. The van der Waals surface area contributed by atoms with E-state index in [1.165, 1.54) is 28.7 Å². The van der Waals surface area contributed by atoms with Crippen molar-refractivity contribution in [3.8, 4) is 22.5 Å². The Hall–Kier alpha value is -4.72. The number of nitrogens with zero attached hydrogens (tertiary/aromatic N) is 6. The van der Waals surface area contributed by atoms with Gasteiger partial charge in [-0.1, -0.05) is 68.8 Å². The molecular formula is C33H36N8. The molecule has 2 N–H and O–H groups in total. The summed E-state index contributed by atoms with van der Waals surface area (Å²) in [5.41, 5.74) is 11.3. The molecule has 41 heavy (non-hydrogen) atoms. The van der Waals surface area contributed by atoms with E-state index < -0.39 is 0 Å². The van der Waals surface area contributed by atoms with Crippen LogP contribution >= 0.6 is 0 Å². The van der Waals surface area contributed by atoms with Crippen LogP contribution in [0.3, 0.4) is 0 Å². The molecule has 2 aromatic carbocycles. The first kappa shape index (κ1) is 27.8. The van der Waals surface area contributed by atoms with Crippen LogP contribution in [0.15, 0.2) is 72.9 Å². The van der Waals surface area contributed by atoms with Crippen LogP contribution in [0.5, 0.6) is 0 Å². The van der Waals surface area contributed by atoms with Gasteiger partial charge in [0.05, 0.1) is 5.52 Å². The minimum absolute atomic E-state index is 0.626. The van der Waals surface area contributed by atoms with Gasteiger partial charge in [0.15, 0.2) is 5.65 Å². The summed E-state index contributed by atoms with van der Waals surface area (Å²) in [5, 5.41) is 14.4. The van der Waals surface area contributed by atoms with E-state index in [0.717, 1.165) is 65.2 Å². The lowest BCUT2D eigenvalue weighted by molar-refractivity contribution is 0.881. The number of pyridine rings is 2. The van der Waals surface area contributed by atoms with Gasteiger partial charge in [0, 0.05) is 29.6 Å². The van der Waals surface area contributed by atoms with Crippen LogP contribution in [0.25, 0.3) is 33.7 Å². The van der Waals surface area contributed by atoms with E-state index >= 15 is 0 Å². The molecule has 6 rings (SSSR count). The summed E-state index contributed by atoms with van der Waals surface area (Å²) in [6.45, 7) is 8.57. The molecule has 4 aromatic heterocycles. The van der Waals surface area contributed by atoms with Crippen LogP contribution in [0.2, 0.25) is 0 Å². The molecule has 0 bridgehead atoms. The molecule has 8 nitrogen and oxygen atoms in total. The van der Waals surface area contributed by atoms with Crippen molar-refractivity contribution in [2.45, 2.75) is 59.8 Å². The molecule has 0 aliphatic carbocycles. The van der Waals surface area contributed by atoms with Crippen molar-refractivity contribution >= 4 is 11.2 Å². The number of rotatable bonds is 8. The maximum absolute atomic E-state index is 4.65. The van der Waals surface area contributed by atoms with E-state index in [9.17, 15) is 0 Å². The number of aryl methyl sites for hydroxylation is 6. The molecule has 0 radical (unpaired) electrons. The molecule has 0 aliphatic rings. The Morgan fingerprint density at radius 2 is 1.56 bits per heavy atom. The molecule has 6 aromatic rings. The molecular weight excluding hydrogens is 508 g/mol. The van der Waals surface area contributed by atoms with Gasteiger partial charge in [0.1, 0.15) is 5.82 Å². The Labute approximate surface area is 240 Å². The summed E-state index contributed by atoms with van der Waals surface area (Å²) >= 11 is 0. The number of hydrogen-bond acceptors (Lipinski definition) is 6. The van der Waals surface area contributed by atoms with Gasteiger partial charge in [0.25, 0.3) is 0 Å². The molecule has 0 saturated carbocycles. The highest BCUT2D eigenvalue weighted by atomic mass is 15.5. The van der Waals surface area contributed by atoms with E-state index in [0.29, 0.717) is 5.82 Å². The van der Waals surface area contributed by atoms with Gasteiger partial charge in [-0.15, -0.1) is 10.2 Å². The van der Waals surface area contributed by atoms with Gasteiger partial charge in [0.2, 0.25) is 5.82 Å². The number of tetrazole rings is 1. The molecule has 0 spiro atoms. The van der Waals surface area contributed by atoms with E-state index in [1.807, 2.05) is 36.5 Å². The summed E-state index contributed by atoms with van der Waals surface area (Å²) in [4.78, 5) is 16.8. The predicted octanol–water partition coefficient (Wildman–Crippen LogP) is 6.80. The molecule has 208 valence electrons. The SMILES string of the molecule is CCCc1ccc(-c2ccccc2-c2nn[nH]n2)cc1C.CCc1nc2nc(CCc3ccccn3)cc(C)c2[nH]1. The fraction of sp³-hybridized carbons (Fsp3) is 0.273. The number of hydrogen-bond donors (Lipinski definition) is 2. The van der Waals surface area contributed by atoms with Crippen LogP contribution in [-0.2, 0) is 25.7 Å². The molecule has 0 aliphatic heterocycles. The zero-order chi connectivity index (χ0) is 28.6. The number of benzene rings is 2. The largest absolute Gasteiger partial charge is 0.340 e. The Balaban J connectivity index is 0.000000165. The Kier molecular flexibility index (Phi) is 8.89. The van der Waals surface area contributed by atoms with Crippen molar-refractivity contribution in [3.05, 3.63) is 107 Å². The first-order chi connectivity index (χ1) is 20.1. The fourth-order valence-corrected chi connectivity index (χ4v) is 4.97. The van der Waals surface area contributed by atoms with Crippen molar-refractivity contribution in [2.24, 2.45) is 0 Å². The molecule has 8 heteroatoms. The second-order valence-corrected chi connectivity index (χ2v) is 10.2. The number of imidazole rings is 1. The minimum Gasteiger partial charge on any atom is -0.340 e. The molecule has 0 atom stereocenters. The van der Waals surface area contributed by atoms with Gasteiger partial charge >= 0.3 is 0 Å². The quantitative estimate of drug-likeness (QED) is 0.218. The normalized spacial score (nSPS) is 10.9. The highest BCUT2D eigenvalue weighted by molar-refractivity contribution is 5.80. The van der Waals surface area contributed by atoms with Crippen molar-refractivity contribution in [1.82, 2.24) is 40.6 Å². The van der Waals surface area contributed by atoms with Gasteiger partial charge < -0.3 is 4.98 Å². The highest BCUT2D eigenvalue weighted by Crippen LogP contribution is 2.31. The van der Waals surface area contributed by atoms with Crippen LogP contribution in [0, 0.1) is 13.8 Å². The molecule has 4 heterocycles. The maximum atomic E-state index is 4.65. The standard InChI is InChI=1S/C17H18N4.C16H18N4/c1-3-6-13-9-10-14(11-12(13)2)15-7-4-5-8-16(15)17-18-20-21-19-17;1-3-14-19-15-11(2)10-13(18-16(15)20-14)8-7-12-6-4-5-9-17-12/h4-5,7-11H,3,6H2,1-2H3,(H,18,19,20,21);4-6,9-10H,3,7-8H2,1-2H3,(H,18,19,20). The number of aromatic amines is 2. The van der Waals surface area contributed by atoms with Crippen LogP contribution < -0.4 is 0 Å². The Morgan fingerprint density at radius 1 is 0.756 bits per heavy atom. The first-order valence-electron chi connectivity index (χ1n) is 14.2. The van der Waals surface area contributed by atoms with Crippen LogP contribution in [0.4, 0.5) is 0 Å². The third-order valence-corrected chi connectivity index (χ3v) is 7.15. The minimum atomic E-state index is 0.626. The van der Waals surface area contributed by atoms with Crippen LogP contribution in [0.1, 0.15) is 54.2 Å². The Bertz CT molecular complexity index is 1700. The topological polar surface area (TPSA) is 109 Å². The van der Waals surface area contributed by atoms with Crippen molar-refractivity contribution in [2.75, 3.05) is 0 Å². The lowest BCUT2D eigenvalue weighted by atomic mass is 9.95. The van der Waals surface area contributed by atoms with Gasteiger partial charge in [-0.3, -0.25) is 4.98 Å². The number of aromatic nitrogens is 8.